The number of nitrogens with one attached hydrogen (secondary N) is 2. The highest BCUT2D eigenvalue weighted by Gasteiger charge is 2.28. The number of carbonyl (C=O) groups is 2. The van der Waals surface area contributed by atoms with Crippen LogP contribution in [0.1, 0.15) is 19.8 Å². The number of piperidine rings is 1. The molecule has 24 heavy (non-hydrogen) atoms. The first kappa shape index (κ1) is 18.3. The van der Waals surface area contributed by atoms with E-state index < -0.39 is 0 Å². The van der Waals surface area contributed by atoms with Crippen molar-refractivity contribution < 1.29 is 14.3 Å². The quantitative estimate of drug-likeness (QED) is 0.782. The standard InChI is InChI=1S/C18H27N3O3/c1-14(19-2)11-20-18(23)15-7-6-10-21(12-15)17(22)13-24-16-8-4-3-5-9-16/h3-5,8-9,14-15,19H,6-7,10-13H2,1-2H3,(H,20,23). The molecule has 2 rings (SSSR count). The Labute approximate surface area is 143 Å². The summed E-state index contributed by atoms with van der Waals surface area (Å²) in [5, 5.41) is 6.04. The second kappa shape index (κ2) is 9.27. The van der Waals surface area contributed by atoms with Crippen molar-refractivity contribution in [2.24, 2.45) is 5.92 Å². The fourth-order valence-electron chi connectivity index (χ4n) is 2.67. The van der Waals surface area contributed by atoms with Crippen LogP contribution in [0.5, 0.6) is 5.75 Å². The lowest BCUT2D eigenvalue weighted by Gasteiger charge is -2.32. The Hall–Kier alpha value is -2.08. The van der Waals surface area contributed by atoms with Gasteiger partial charge in [-0.3, -0.25) is 9.59 Å². The number of hydrogen-bond acceptors (Lipinski definition) is 4. The zero-order chi connectivity index (χ0) is 17.4. The van der Waals surface area contributed by atoms with Crippen molar-refractivity contribution in [2.45, 2.75) is 25.8 Å². The molecule has 1 aromatic rings. The molecule has 0 spiro atoms. The van der Waals surface area contributed by atoms with Crippen LogP contribution in [0.3, 0.4) is 0 Å². The average Bonchev–Trinajstić information content (AvgIpc) is 2.64. The third-order valence-electron chi connectivity index (χ3n) is 4.33. The summed E-state index contributed by atoms with van der Waals surface area (Å²) in [5.74, 6) is 0.500. The van der Waals surface area contributed by atoms with Crippen molar-refractivity contribution in [3.63, 3.8) is 0 Å². The van der Waals surface area contributed by atoms with Crippen molar-refractivity contribution in [2.75, 3.05) is 33.3 Å². The number of benzene rings is 1. The molecule has 2 atom stereocenters. The van der Waals surface area contributed by atoms with Gasteiger partial charge in [0.2, 0.25) is 5.91 Å². The fourth-order valence-corrected chi connectivity index (χ4v) is 2.67. The third kappa shape index (κ3) is 5.53. The molecule has 1 saturated heterocycles. The molecule has 1 heterocycles. The van der Waals surface area contributed by atoms with E-state index in [1.54, 1.807) is 4.90 Å². The predicted molar refractivity (Wildman–Crippen MR) is 92.8 cm³/mol. The first-order valence-electron chi connectivity index (χ1n) is 8.50. The number of carbonyl (C=O) groups excluding carboxylic acids is 2. The minimum absolute atomic E-state index is 0.00907. The van der Waals surface area contributed by atoms with E-state index in [2.05, 4.69) is 10.6 Å². The summed E-state index contributed by atoms with van der Waals surface area (Å²) in [6, 6.07) is 9.51. The van der Waals surface area contributed by atoms with E-state index in [9.17, 15) is 9.59 Å². The maximum Gasteiger partial charge on any atom is 0.260 e. The van der Waals surface area contributed by atoms with Gasteiger partial charge in [-0.2, -0.15) is 0 Å². The van der Waals surface area contributed by atoms with Crippen molar-refractivity contribution in [3.8, 4) is 5.75 Å². The summed E-state index contributed by atoms with van der Waals surface area (Å²) in [7, 11) is 1.87. The first-order chi connectivity index (χ1) is 11.6. The van der Waals surface area contributed by atoms with Crippen molar-refractivity contribution in [3.05, 3.63) is 30.3 Å². The Morgan fingerprint density at radius 1 is 1.33 bits per heavy atom. The first-order valence-corrected chi connectivity index (χ1v) is 8.50. The van der Waals surface area contributed by atoms with Gasteiger partial charge in [0, 0.05) is 25.7 Å². The molecule has 2 amide bonds. The number of amides is 2. The third-order valence-corrected chi connectivity index (χ3v) is 4.33. The summed E-state index contributed by atoms with van der Waals surface area (Å²) in [4.78, 5) is 26.3. The van der Waals surface area contributed by atoms with Gasteiger partial charge in [0.15, 0.2) is 6.61 Å². The molecule has 1 aliphatic rings. The summed E-state index contributed by atoms with van der Waals surface area (Å²) in [5.41, 5.74) is 0. The molecule has 6 nitrogen and oxygen atoms in total. The lowest BCUT2D eigenvalue weighted by atomic mass is 9.97. The minimum Gasteiger partial charge on any atom is -0.484 e. The molecule has 2 unspecified atom stereocenters. The number of hydrogen-bond donors (Lipinski definition) is 2. The Morgan fingerprint density at radius 3 is 2.79 bits per heavy atom. The largest absolute Gasteiger partial charge is 0.484 e. The molecule has 132 valence electrons. The van der Waals surface area contributed by atoms with Gasteiger partial charge in [-0.05, 0) is 38.9 Å². The lowest BCUT2D eigenvalue weighted by molar-refractivity contribution is -0.137. The fraction of sp³-hybridized carbons (Fsp3) is 0.556. The van der Waals surface area contributed by atoms with Crippen molar-refractivity contribution >= 4 is 11.8 Å². The van der Waals surface area contributed by atoms with Crippen LogP contribution in [0, 0.1) is 5.92 Å². The Bertz CT molecular complexity index is 536. The molecule has 0 bridgehead atoms. The van der Waals surface area contributed by atoms with Crippen molar-refractivity contribution in [1.82, 2.24) is 15.5 Å². The zero-order valence-corrected chi connectivity index (χ0v) is 14.5. The molecule has 1 aromatic carbocycles. The number of likely N-dealkylation sites (tertiary alicyclic amines) is 1. The minimum atomic E-state index is -0.136. The molecule has 0 saturated carbocycles. The van der Waals surface area contributed by atoms with Crippen LogP contribution in [0.2, 0.25) is 0 Å². The number of nitrogens with zero attached hydrogens (tertiary/aromatic N) is 1. The van der Waals surface area contributed by atoms with E-state index in [0.717, 1.165) is 12.8 Å². The maximum atomic E-state index is 12.3. The smallest absolute Gasteiger partial charge is 0.260 e. The Morgan fingerprint density at radius 2 is 2.08 bits per heavy atom. The second-order valence-corrected chi connectivity index (χ2v) is 6.22. The van der Waals surface area contributed by atoms with Crippen LogP contribution in [0.15, 0.2) is 30.3 Å². The van der Waals surface area contributed by atoms with E-state index in [4.69, 9.17) is 4.74 Å². The van der Waals surface area contributed by atoms with Gasteiger partial charge >= 0.3 is 0 Å². The monoisotopic (exact) mass is 333 g/mol. The highest BCUT2D eigenvalue weighted by Crippen LogP contribution is 2.17. The Balaban J connectivity index is 1.79. The molecule has 1 fully saturated rings. The Kier molecular flexibility index (Phi) is 7.06. The molecule has 2 N–H and O–H groups in total. The molecule has 0 aliphatic carbocycles. The predicted octanol–water partition coefficient (Wildman–Crippen LogP) is 1.03. The van der Waals surface area contributed by atoms with E-state index in [-0.39, 0.29) is 30.4 Å². The lowest BCUT2D eigenvalue weighted by Crippen LogP contribution is -2.48. The molecular weight excluding hydrogens is 306 g/mol. The van der Waals surface area contributed by atoms with E-state index in [1.807, 2.05) is 44.3 Å². The van der Waals surface area contributed by atoms with Gasteiger partial charge < -0.3 is 20.3 Å². The highest BCUT2D eigenvalue weighted by atomic mass is 16.5. The SMILES string of the molecule is CNC(C)CNC(=O)C1CCCN(C(=O)COc2ccccc2)C1. The molecule has 0 radical (unpaired) electrons. The molecule has 6 heteroatoms. The van der Waals surface area contributed by atoms with Gasteiger partial charge in [0.05, 0.1) is 5.92 Å². The average molecular weight is 333 g/mol. The van der Waals surface area contributed by atoms with Crippen LogP contribution in [0.25, 0.3) is 0 Å². The van der Waals surface area contributed by atoms with Gasteiger partial charge in [-0.1, -0.05) is 18.2 Å². The summed E-state index contributed by atoms with van der Waals surface area (Å²) < 4.78 is 5.51. The summed E-state index contributed by atoms with van der Waals surface area (Å²) in [6.45, 7) is 3.77. The van der Waals surface area contributed by atoms with Crippen LogP contribution in [-0.2, 0) is 9.59 Å². The molecule has 0 aromatic heterocycles. The molecular formula is C18H27N3O3. The van der Waals surface area contributed by atoms with Gasteiger partial charge in [0.25, 0.3) is 5.91 Å². The van der Waals surface area contributed by atoms with E-state index >= 15 is 0 Å². The normalized spacial score (nSPS) is 18.8. The van der Waals surface area contributed by atoms with Crippen LogP contribution in [0.4, 0.5) is 0 Å². The number of para-hydroxylation sites is 1. The van der Waals surface area contributed by atoms with Gasteiger partial charge in [0.1, 0.15) is 5.75 Å². The zero-order valence-electron chi connectivity index (χ0n) is 14.5. The highest BCUT2D eigenvalue weighted by molar-refractivity contribution is 5.82. The maximum absolute atomic E-state index is 12.3. The second-order valence-electron chi connectivity index (χ2n) is 6.22. The number of likely N-dealkylation sites (N-methyl/N-ethyl adjacent to an activating group) is 1. The van der Waals surface area contributed by atoms with E-state index in [1.165, 1.54) is 0 Å². The van der Waals surface area contributed by atoms with Crippen LogP contribution >= 0.6 is 0 Å². The van der Waals surface area contributed by atoms with Gasteiger partial charge in [-0.15, -0.1) is 0 Å². The van der Waals surface area contributed by atoms with Crippen LogP contribution < -0.4 is 15.4 Å². The van der Waals surface area contributed by atoms with Crippen molar-refractivity contribution in [1.29, 1.82) is 0 Å². The van der Waals surface area contributed by atoms with E-state index in [0.29, 0.717) is 25.4 Å². The van der Waals surface area contributed by atoms with Gasteiger partial charge in [-0.25, -0.2) is 0 Å². The number of rotatable bonds is 7. The summed E-state index contributed by atoms with van der Waals surface area (Å²) in [6.07, 6.45) is 1.67. The summed E-state index contributed by atoms with van der Waals surface area (Å²) >= 11 is 0. The molecule has 1 aliphatic heterocycles. The van der Waals surface area contributed by atoms with Crippen LogP contribution in [-0.4, -0.2) is 56.0 Å². The topological polar surface area (TPSA) is 70.7 Å². The number of ether oxygens (including phenoxy) is 1.